The van der Waals surface area contributed by atoms with E-state index in [-0.39, 0.29) is 24.8 Å². The molecule has 29 heavy (non-hydrogen) atoms. The summed E-state index contributed by atoms with van der Waals surface area (Å²) in [4.78, 5) is 25.1. The van der Waals surface area contributed by atoms with Crippen LogP contribution in [0.4, 0.5) is 5.95 Å². The zero-order chi connectivity index (χ0) is 20.0. The Labute approximate surface area is 167 Å². The molecule has 148 valence electrons. The number of hydrogen-bond donors (Lipinski definition) is 1. The number of anilines is 1. The van der Waals surface area contributed by atoms with Gasteiger partial charge >= 0.3 is 0 Å². The van der Waals surface area contributed by atoms with E-state index in [1.807, 2.05) is 43.4 Å². The molecule has 7 nitrogen and oxygen atoms in total. The van der Waals surface area contributed by atoms with Gasteiger partial charge in [-0.05, 0) is 37.1 Å². The molecule has 0 spiro atoms. The molecule has 0 aliphatic carbocycles. The number of nitrogens with zero attached hydrogens (tertiary/aromatic N) is 5. The molecule has 4 aromatic rings. The molecule has 1 atom stereocenters. The van der Waals surface area contributed by atoms with Gasteiger partial charge in [-0.3, -0.25) is 9.36 Å². The van der Waals surface area contributed by atoms with E-state index < -0.39 is 0 Å². The summed E-state index contributed by atoms with van der Waals surface area (Å²) >= 11 is 0. The second kappa shape index (κ2) is 7.00. The van der Waals surface area contributed by atoms with Crippen LogP contribution in [0, 0.1) is 0 Å². The van der Waals surface area contributed by atoms with Crippen LogP contribution in [0.25, 0.3) is 21.9 Å². The molecule has 1 aliphatic heterocycles. The number of benzene rings is 2. The highest BCUT2D eigenvalue weighted by molar-refractivity contribution is 5.79. The lowest BCUT2D eigenvalue weighted by atomic mass is 10.1. The van der Waals surface area contributed by atoms with E-state index in [1.165, 1.54) is 0 Å². The van der Waals surface area contributed by atoms with E-state index in [0.29, 0.717) is 16.7 Å². The first-order chi connectivity index (χ1) is 14.2. The molecule has 1 unspecified atom stereocenters. The van der Waals surface area contributed by atoms with E-state index in [2.05, 4.69) is 15.5 Å². The molecular formula is C22H23N5O2. The Bertz CT molecular complexity index is 1260. The summed E-state index contributed by atoms with van der Waals surface area (Å²) in [7, 11) is 2.02. The fourth-order valence-electron chi connectivity index (χ4n) is 4.42. The van der Waals surface area contributed by atoms with Crippen molar-refractivity contribution in [3.63, 3.8) is 0 Å². The third-order valence-electron chi connectivity index (χ3n) is 5.79. The molecule has 0 bridgehead atoms. The monoisotopic (exact) mass is 389 g/mol. The molecule has 2 aromatic heterocycles. The average Bonchev–Trinajstić information content (AvgIpc) is 3.35. The van der Waals surface area contributed by atoms with Gasteiger partial charge in [0.1, 0.15) is 5.82 Å². The van der Waals surface area contributed by atoms with Crippen molar-refractivity contribution in [2.24, 2.45) is 7.05 Å². The number of para-hydroxylation sites is 3. The van der Waals surface area contributed by atoms with Crippen LogP contribution in [-0.4, -0.2) is 37.4 Å². The van der Waals surface area contributed by atoms with Crippen LogP contribution in [0.5, 0.6) is 0 Å². The van der Waals surface area contributed by atoms with E-state index in [0.717, 1.165) is 36.4 Å². The third kappa shape index (κ3) is 2.81. The standard InChI is InChI=1S/C22H23N5O2/c1-25-18-10-5-4-9-17(18)24-22(25)26-12-6-11-19(26)20-23-16-8-3-2-7-15(16)21(29)27(20)13-14-28/h2-5,7-10,19,28H,6,11-14H2,1H3. The molecule has 0 radical (unpaired) electrons. The molecular weight excluding hydrogens is 366 g/mol. The van der Waals surface area contributed by atoms with Crippen molar-refractivity contribution in [3.8, 4) is 0 Å². The van der Waals surface area contributed by atoms with Crippen molar-refractivity contribution >= 4 is 27.9 Å². The summed E-state index contributed by atoms with van der Waals surface area (Å²) in [6, 6.07) is 15.4. The van der Waals surface area contributed by atoms with Crippen molar-refractivity contribution in [1.82, 2.24) is 19.1 Å². The van der Waals surface area contributed by atoms with E-state index >= 15 is 0 Å². The maximum atomic E-state index is 13.1. The Morgan fingerprint density at radius 1 is 1.07 bits per heavy atom. The molecule has 3 heterocycles. The van der Waals surface area contributed by atoms with Crippen LogP contribution in [-0.2, 0) is 13.6 Å². The van der Waals surface area contributed by atoms with Gasteiger partial charge < -0.3 is 14.6 Å². The van der Waals surface area contributed by atoms with E-state index in [4.69, 9.17) is 9.97 Å². The summed E-state index contributed by atoms with van der Waals surface area (Å²) in [6.07, 6.45) is 1.88. The number of aliphatic hydroxyl groups is 1. The molecule has 5 rings (SSSR count). The van der Waals surface area contributed by atoms with Gasteiger partial charge in [0.05, 0.1) is 41.1 Å². The van der Waals surface area contributed by atoms with Gasteiger partial charge in [0.2, 0.25) is 5.95 Å². The zero-order valence-electron chi connectivity index (χ0n) is 16.3. The van der Waals surface area contributed by atoms with Crippen LogP contribution in [0.2, 0.25) is 0 Å². The third-order valence-corrected chi connectivity index (χ3v) is 5.79. The summed E-state index contributed by atoms with van der Waals surface area (Å²) in [5.74, 6) is 1.58. The maximum absolute atomic E-state index is 13.1. The van der Waals surface area contributed by atoms with Crippen molar-refractivity contribution < 1.29 is 5.11 Å². The van der Waals surface area contributed by atoms with Crippen molar-refractivity contribution in [3.05, 3.63) is 64.7 Å². The smallest absolute Gasteiger partial charge is 0.261 e. The minimum absolute atomic E-state index is 0.0608. The number of aliphatic hydroxyl groups excluding tert-OH is 1. The van der Waals surface area contributed by atoms with E-state index in [1.54, 1.807) is 10.6 Å². The summed E-state index contributed by atoms with van der Waals surface area (Å²) in [5, 5.41) is 10.2. The van der Waals surface area contributed by atoms with Crippen LogP contribution in [0.1, 0.15) is 24.7 Å². The first-order valence-corrected chi connectivity index (χ1v) is 9.97. The molecule has 1 saturated heterocycles. The molecule has 1 fully saturated rings. The van der Waals surface area contributed by atoms with E-state index in [9.17, 15) is 9.90 Å². The minimum atomic E-state index is -0.105. The van der Waals surface area contributed by atoms with Crippen LogP contribution in [0.3, 0.4) is 0 Å². The first kappa shape index (κ1) is 17.9. The number of aromatic nitrogens is 4. The van der Waals surface area contributed by atoms with Crippen molar-refractivity contribution in [2.75, 3.05) is 18.1 Å². The van der Waals surface area contributed by atoms with Gasteiger partial charge in [-0.2, -0.15) is 0 Å². The molecule has 1 N–H and O–H groups in total. The Hall–Kier alpha value is -3.19. The Kier molecular flexibility index (Phi) is 4.32. The average molecular weight is 389 g/mol. The zero-order valence-corrected chi connectivity index (χ0v) is 16.3. The molecule has 0 amide bonds. The lowest BCUT2D eigenvalue weighted by Crippen LogP contribution is -2.34. The van der Waals surface area contributed by atoms with Gasteiger partial charge in [0.15, 0.2) is 0 Å². The largest absolute Gasteiger partial charge is 0.395 e. The van der Waals surface area contributed by atoms with Crippen LogP contribution in [0.15, 0.2) is 53.3 Å². The predicted molar refractivity (Wildman–Crippen MR) is 113 cm³/mol. The highest BCUT2D eigenvalue weighted by atomic mass is 16.3. The van der Waals surface area contributed by atoms with Gasteiger partial charge in [-0.25, -0.2) is 9.97 Å². The number of hydrogen-bond acceptors (Lipinski definition) is 5. The van der Waals surface area contributed by atoms with Crippen LogP contribution >= 0.6 is 0 Å². The normalized spacial score (nSPS) is 16.9. The van der Waals surface area contributed by atoms with Crippen molar-refractivity contribution in [1.29, 1.82) is 0 Å². The Balaban J connectivity index is 1.68. The number of rotatable bonds is 4. The van der Waals surface area contributed by atoms with Gasteiger partial charge in [0.25, 0.3) is 5.56 Å². The summed E-state index contributed by atoms with van der Waals surface area (Å²) in [6.45, 7) is 0.981. The summed E-state index contributed by atoms with van der Waals surface area (Å²) in [5.41, 5.74) is 2.62. The molecule has 2 aromatic carbocycles. The second-order valence-corrected chi connectivity index (χ2v) is 7.48. The first-order valence-electron chi connectivity index (χ1n) is 9.97. The SMILES string of the molecule is Cn1c(N2CCCC2c2nc3ccccc3c(=O)n2CCO)nc2ccccc21. The lowest BCUT2D eigenvalue weighted by molar-refractivity contribution is 0.270. The highest BCUT2D eigenvalue weighted by Gasteiger charge is 2.33. The highest BCUT2D eigenvalue weighted by Crippen LogP contribution is 2.36. The number of aryl methyl sites for hydroxylation is 1. The Morgan fingerprint density at radius 3 is 2.62 bits per heavy atom. The maximum Gasteiger partial charge on any atom is 0.261 e. The fraction of sp³-hybridized carbons (Fsp3) is 0.318. The van der Waals surface area contributed by atoms with Gasteiger partial charge in [-0.15, -0.1) is 0 Å². The minimum Gasteiger partial charge on any atom is -0.395 e. The van der Waals surface area contributed by atoms with Crippen molar-refractivity contribution in [2.45, 2.75) is 25.4 Å². The second-order valence-electron chi connectivity index (χ2n) is 7.48. The fourth-order valence-corrected chi connectivity index (χ4v) is 4.42. The van der Waals surface area contributed by atoms with Gasteiger partial charge in [-0.1, -0.05) is 24.3 Å². The summed E-state index contributed by atoms with van der Waals surface area (Å²) < 4.78 is 3.73. The molecule has 1 aliphatic rings. The molecule has 7 heteroatoms. The number of imidazole rings is 1. The lowest BCUT2D eigenvalue weighted by Gasteiger charge is -2.27. The predicted octanol–water partition coefficient (Wildman–Crippen LogP) is 2.62. The van der Waals surface area contributed by atoms with Gasteiger partial charge in [0, 0.05) is 13.6 Å². The topological polar surface area (TPSA) is 76.2 Å². The quantitative estimate of drug-likeness (QED) is 0.581. The number of fused-ring (bicyclic) bond motifs is 2. The van der Waals surface area contributed by atoms with Crippen LogP contribution < -0.4 is 10.5 Å². The Morgan fingerprint density at radius 2 is 1.83 bits per heavy atom. The molecule has 0 saturated carbocycles.